The number of likely N-dealkylation sites (tertiary alicyclic amines) is 1. The van der Waals surface area contributed by atoms with Crippen LogP contribution in [0.15, 0.2) is 54.6 Å². The molecular formula is C24H30N2O4. The molecule has 2 aromatic carbocycles. The maximum absolute atomic E-state index is 12.8. The van der Waals surface area contributed by atoms with E-state index < -0.39 is 17.9 Å². The summed E-state index contributed by atoms with van der Waals surface area (Å²) in [5.41, 5.74) is 1.87. The van der Waals surface area contributed by atoms with E-state index in [-0.39, 0.29) is 18.4 Å². The fourth-order valence-electron chi connectivity index (χ4n) is 4.38. The predicted octanol–water partition coefficient (Wildman–Crippen LogP) is 3.40. The van der Waals surface area contributed by atoms with Crippen LogP contribution in [0.4, 0.5) is 0 Å². The second kappa shape index (κ2) is 9.76. The number of hydrogen-bond acceptors (Lipinski definition) is 4. The van der Waals surface area contributed by atoms with Crippen LogP contribution < -0.4 is 4.74 Å². The van der Waals surface area contributed by atoms with Gasteiger partial charge in [0, 0.05) is 32.1 Å². The first-order valence-electron chi connectivity index (χ1n) is 10.4. The van der Waals surface area contributed by atoms with Gasteiger partial charge in [0.15, 0.2) is 0 Å². The summed E-state index contributed by atoms with van der Waals surface area (Å²) in [5, 5.41) is 10.2. The average Bonchev–Trinajstić information content (AvgIpc) is 3.14. The molecule has 6 nitrogen and oxygen atoms in total. The molecule has 1 fully saturated rings. The molecule has 2 aromatic rings. The number of benzene rings is 2. The molecular weight excluding hydrogens is 380 g/mol. The number of methoxy groups -OCH3 is 1. The molecule has 3 rings (SSSR count). The molecule has 1 saturated heterocycles. The van der Waals surface area contributed by atoms with Crippen molar-refractivity contribution in [1.82, 2.24) is 9.80 Å². The fraction of sp³-hybridized carbons (Fsp3) is 0.417. The number of aliphatic carboxylic acids is 1. The van der Waals surface area contributed by atoms with Gasteiger partial charge in [0.2, 0.25) is 5.91 Å². The zero-order valence-electron chi connectivity index (χ0n) is 17.8. The van der Waals surface area contributed by atoms with Gasteiger partial charge in [0.1, 0.15) is 5.75 Å². The van der Waals surface area contributed by atoms with Crippen molar-refractivity contribution in [2.24, 2.45) is 5.92 Å². The van der Waals surface area contributed by atoms with Crippen molar-refractivity contribution in [3.63, 3.8) is 0 Å². The van der Waals surface area contributed by atoms with Crippen molar-refractivity contribution in [3.8, 4) is 5.75 Å². The molecule has 0 saturated carbocycles. The van der Waals surface area contributed by atoms with E-state index in [9.17, 15) is 14.7 Å². The molecule has 0 spiro atoms. The van der Waals surface area contributed by atoms with E-state index in [1.807, 2.05) is 66.4 Å². The Labute approximate surface area is 178 Å². The Hall–Kier alpha value is -2.86. The molecule has 1 N–H and O–H groups in total. The summed E-state index contributed by atoms with van der Waals surface area (Å²) in [5.74, 6) is -0.964. The SMILES string of the molecule is CCCN(C)C(=O)CN1C[C@@H](c2ccccc2)[C@H](C(=O)O)[C@H]1c1ccc(OC)cc1. The summed E-state index contributed by atoms with van der Waals surface area (Å²) in [6.07, 6.45) is 0.883. The number of carboxylic acid groups (broad SMARTS) is 1. The van der Waals surface area contributed by atoms with Gasteiger partial charge in [0.25, 0.3) is 0 Å². The van der Waals surface area contributed by atoms with Crippen LogP contribution in [0.3, 0.4) is 0 Å². The maximum atomic E-state index is 12.8. The third-order valence-electron chi connectivity index (χ3n) is 5.89. The molecule has 0 bridgehead atoms. The molecule has 0 unspecified atom stereocenters. The number of rotatable bonds is 8. The minimum atomic E-state index is -0.846. The lowest BCUT2D eigenvalue weighted by Gasteiger charge is -2.28. The van der Waals surface area contributed by atoms with E-state index in [1.165, 1.54) is 0 Å². The summed E-state index contributed by atoms with van der Waals surface area (Å²) >= 11 is 0. The zero-order chi connectivity index (χ0) is 21.7. The first-order chi connectivity index (χ1) is 14.5. The van der Waals surface area contributed by atoms with Crippen LogP contribution in [0.2, 0.25) is 0 Å². The monoisotopic (exact) mass is 410 g/mol. The zero-order valence-corrected chi connectivity index (χ0v) is 17.8. The van der Waals surface area contributed by atoms with Gasteiger partial charge in [-0.3, -0.25) is 14.5 Å². The highest BCUT2D eigenvalue weighted by Crippen LogP contribution is 2.46. The van der Waals surface area contributed by atoms with E-state index >= 15 is 0 Å². The smallest absolute Gasteiger partial charge is 0.309 e. The maximum Gasteiger partial charge on any atom is 0.309 e. The van der Waals surface area contributed by atoms with Crippen molar-refractivity contribution >= 4 is 11.9 Å². The molecule has 0 aliphatic carbocycles. The predicted molar refractivity (Wildman–Crippen MR) is 116 cm³/mol. The first kappa shape index (κ1) is 21.8. The van der Waals surface area contributed by atoms with Gasteiger partial charge in [0.05, 0.1) is 19.6 Å². The third kappa shape index (κ3) is 4.65. The molecule has 160 valence electrons. The van der Waals surface area contributed by atoms with Crippen molar-refractivity contribution in [3.05, 3.63) is 65.7 Å². The van der Waals surface area contributed by atoms with Gasteiger partial charge in [-0.1, -0.05) is 49.4 Å². The lowest BCUT2D eigenvalue weighted by atomic mass is 9.83. The molecule has 1 aliphatic rings. The number of amides is 1. The van der Waals surface area contributed by atoms with Crippen LogP contribution in [0.25, 0.3) is 0 Å². The van der Waals surface area contributed by atoms with Crippen LogP contribution in [-0.4, -0.2) is 60.6 Å². The normalized spacial score (nSPS) is 21.4. The number of carboxylic acids is 1. The fourth-order valence-corrected chi connectivity index (χ4v) is 4.38. The molecule has 0 aromatic heterocycles. The number of carbonyl (C=O) groups is 2. The molecule has 1 aliphatic heterocycles. The minimum Gasteiger partial charge on any atom is -0.497 e. The second-order valence-electron chi connectivity index (χ2n) is 7.84. The quantitative estimate of drug-likeness (QED) is 0.722. The second-order valence-corrected chi connectivity index (χ2v) is 7.84. The van der Waals surface area contributed by atoms with Gasteiger partial charge < -0.3 is 14.7 Å². The molecule has 1 amide bonds. The van der Waals surface area contributed by atoms with Crippen LogP contribution in [0, 0.1) is 5.92 Å². The molecule has 1 heterocycles. The molecule has 3 atom stereocenters. The summed E-state index contributed by atoms with van der Waals surface area (Å²) in [6.45, 7) is 3.43. The van der Waals surface area contributed by atoms with Crippen LogP contribution in [0.1, 0.15) is 36.4 Å². The van der Waals surface area contributed by atoms with Crippen LogP contribution in [0.5, 0.6) is 5.75 Å². The number of likely N-dealkylation sites (N-methyl/N-ethyl adjacent to an activating group) is 1. The minimum absolute atomic E-state index is 0.00760. The van der Waals surface area contributed by atoms with Gasteiger partial charge >= 0.3 is 5.97 Å². The third-order valence-corrected chi connectivity index (χ3v) is 5.89. The lowest BCUT2D eigenvalue weighted by molar-refractivity contribution is -0.143. The van der Waals surface area contributed by atoms with E-state index in [1.54, 1.807) is 19.1 Å². The van der Waals surface area contributed by atoms with Gasteiger partial charge in [-0.15, -0.1) is 0 Å². The van der Waals surface area contributed by atoms with Crippen molar-refractivity contribution < 1.29 is 19.4 Å². The van der Waals surface area contributed by atoms with Gasteiger partial charge in [-0.05, 0) is 29.7 Å². The highest BCUT2D eigenvalue weighted by atomic mass is 16.5. The van der Waals surface area contributed by atoms with Gasteiger partial charge in [-0.2, -0.15) is 0 Å². The van der Waals surface area contributed by atoms with Crippen LogP contribution >= 0.6 is 0 Å². The number of carbonyl (C=O) groups excluding carboxylic acids is 1. The Balaban J connectivity index is 1.98. The number of nitrogens with zero attached hydrogens (tertiary/aromatic N) is 2. The Kier molecular flexibility index (Phi) is 7.11. The number of hydrogen-bond donors (Lipinski definition) is 1. The Morgan fingerprint density at radius 3 is 2.33 bits per heavy atom. The molecule has 6 heteroatoms. The Morgan fingerprint density at radius 1 is 1.10 bits per heavy atom. The van der Waals surface area contributed by atoms with E-state index in [4.69, 9.17) is 4.74 Å². The largest absolute Gasteiger partial charge is 0.497 e. The summed E-state index contributed by atoms with van der Waals surface area (Å²) in [7, 11) is 3.40. The van der Waals surface area contributed by atoms with Crippen molar-refractivity contribution in [1.29, 1.82) is 0 Å². The van der Waals surface area contributed by atoms with Crippen molar-refractivity contribution in [2.45, 2.75) is 25.3 Å². The van der Waals surface area contributed by atoms with E-state index in [0.29, 0.717) is 18.8 Å². The lowest BCUT2D eigenvalue weighted by Crippen LogP contribution is -2.39. The first-order valence-corrected chi connectivity index (χ1v) is 10.4. The number of ether oxygens (including phenoxy) is 1. The highest BCUT2D eigenvalue weighted by molar-refractivity contribution is 5.79. The van der Waals surface area contributed by atoms with Gasteiger partial charge in [-0.25, -0.2) is 0 Å². The molecule has 30 heavy (non-hydrogen) atoms. The van der Waals surface area contributed by atoms with Crippen molar-refractivity contribution in [2.75, 3.05) is 33.8 Å². The van der Waals surface area contributed by atoms with E-state index in [0.717, 1.165) is 17.5 Å². The van der Waals surface area contributed by atoms with Crippen LogP contribution in [-0.2, 0) is 9.59 Å². The Morgan fingerprint density at radius 2 is 1.77 bits per heavy atom. The standard InChI is InChI=1S/C24H30N2O4/c1-4-14-25(2)21(27)16-26-15-20(17-8-6-5-7-9-17)22(24(28)29)23(26)18-10-12-19(30-3)13-11-18/h5-13,20,22-23H,4,14-16H2,1-3H3,(H,28,29)/t20-,22-,23+/m0/s1. The molecule has 0 radical (unpaired) electrons. The average molecular weight is 411 g/mol. The van der Waals surface area contributed by atoms with E-state index in [2.05, 4.69) is 0 Å². The highest BCUT2D eigenvalue weighted by Gasteiger charge is 2.47. The Bertz CT molecular complexity index is 853. The summed E-state index contributed by atoms with van der Waals surface area (Å²) in [6, 6.07) is 16.8. The summed E-state index contributed by atoms with van der Waals surface area (Å²) in [4.78, 5) is 29.0. The topological polar surface area (TPSA) is 70.1 Å². The summed E-state index contributed by atoms with van der Waals surface area (Å²) < 4.78 is 5.26.